The van der Waals surface area contributed by atoms with Crippen molar-refractivity contribution in [2.24, 2.45) is 11.3 Å². The molecule has 1 aliphatic carbocycles. The Labute approximate surface area is 137 Å². The Bertz CT molecular complexity index is 544. The predicted molar refractivity (Wildman–Crippen MR) is 87.0 cm³/mol. The van der Waals surface area contributed by atoms with Gasteiger partial charge in [0.2, 0.25) is 0 Å². The van der Waals surface area contributed by atoms with Crippen LogP contribution >= 0.6 is 0 Å². The zero-order valence-electron chi connectivity index (χ0n) is 13.7. The van der Waals surface area contributed by atoms with E-state index >= 15 is 0 Å². The fraction of sp³-hybridized carbons (Fsp3) is 0.611. The van der Waals surface area contributed by atoms with Crippen molar-refractivity contribution >= 4 is 5.97 Å². The van der Waals surface area contributed by atoms with Gasteiger partial charge in [0.1, 0.15) is 11.5 Å². The van der Waals surface area contributed by atoms with E-state index in [2.05, 4.69) is 4.90 Å². The standard InChI is InChI=1S/C18H25NO4/c1-22-15-5-7-16(8-6-15)23-11-3-10-19-12-14-4-2-9-18(14,13-19)17(20)21/h5-8,14H,2-4,9-13H2,1H3,(H,20,21)/t14-,18+/m0/s1. The Morgan fingerprint density at radius 3 is 2.74 bits per heavy atom. The SMILES string of the molecule is COc1ccc(OCCCN2C[C@@H]3CCC[C@@]3(C(=O)O)C2)cc1. The molecule has 0 unspecified atom stereocenters. The summed E-state index contributed by atoms with van der Waals surface area (Å²) in [4.78, 5) is 14.0. The van der Waals surface area contributed by atoms with Crippen molar-refractivity contribution in [1.82, 2.24) is 4.90 Å². The summed E-state index contributed by atoms with van der Waals surface area (Å²) in [5.74, 6) is 1.39. The number of carboxylic acids is 1. The van der Waals surface area contributed by atoms with Crippen molar-refractivity contribution in [1.29, 1.82) is 0 Å². The first-order valence-corrected chi connectivity index (χ1v) is 8.37. The number of likely N-dealkylation sites (tertiary alicyclic amines) is 1. The number of rotatable bonds is 7. The lowest BCUT2D eigenvalue weighted by atomic mass is 9.81. The van der Waals surface area contributed by atoms with Crippen LogP contribution in [0.15, 0.2) is 24.3 Å². The van der Waals surface area contributed by atoms with Gasteiger partial charge in [-0.1, -0.05) is 6.42 Å². The maximum atomic E-state index is 11.7. The maximum Gasteiger partial charge on any atom is 0.311 e. The number of carbonyl (C=O) groups is 1. The van der Waals surface area contributed by atoms with Crippen LogP contribution in [0, 0.1) is 11.3 Å². The molecule has 0 bridgehead atoms. The Kier molecular flexibility index (Phi) is 4.76. The number of hydrogen-bond donors (Lipinski definition) is 1. The normalized spacial score (nSPS) is 26.9. The molecular weight excluding hydrogens is 294 g/mol. The van der Waals surface area contributed by atoms with Crippen LogP contribution in [0.3, 0.4) is 0 Å². The predicted octanol–water partition coefficient (Wildman–Crippen LogP) is 2.65. The first-order valence-electron chi connectivity index (χ1n) is 8.37. The van der Waals surface area contributed by atoms with Crippen LogP contribution < -0.4 is 9.47 Å². The van der Waals surface area contributed by atoms with E-state index in [1.165, 1.54) is 0 Å². The Balaban J connectivity index is 1.42. The monoisotopic (exact) mass is 319 g/mol. The van der Waals surface area contributed by atoms with E-state index in [1.807, 2.05) is 24.3 Å². The van der Waals surface area contributed by atoms with Gasteiger partial charge in [-0.15, -0.1) is 0 Å². The lowest BCUT2D eigenvalue weighted by Crippen LogP contribution is -2.36. The van der Waals surface area contributed by atoms with Crippen molar-refractivity contribution in [3.63, 3.8) is 0 Å². The highest BCUT2D eigenvalue weighted by atomic mass is 16.5. The Morgan fingerprint density at radius 1 is 1.35 bits per heavy atom. The summed E-state index contributed by atoms with van der Waals surface area (Å²) in [5.41, 5.74) is -0.475. The third-order valence-corrected chi connectivity index (χ3v) is 5.31. The summed E-state index contributed by atoms with van der Waals surface area (Å²) in [6.45, 7) is 3.18. The van der Waals surface area contributed by atoms with Crippen LogP contribution in [0.25, 0.3) is 0 Å². The Morgan fingerprint density at radius 2 is 2.09 bits per heavy atom. The van der Waals surface area contributed by atoms with E-state index in [-0.39, 0.29) is 0 Å². The topological polar surface area (TPSA) is 59.0 Å². The molecular formula is C18H25NO4. The van der Waals surface area contributed by atoms with E-state index in [9.17, 15) is 9.90 Å². The highest BCUT2D eigenvalue weighted by Crippen LogP contribution is 2.48. The molecule has 0 aromatic heterocycles. The molecule has 1 saturated carbocycles. The smallest absolute Gasteiger partial charge is 0.311 e. The third-order valence-electron chi connectivity index (χ3n) is 5.31. The van der Waals surface area contributed by atoms with Crippen LogP contribution in [0.5, 0.6) is 11.5 Å². The van der Waals surface area contributed by atoms with E-state index in [0.29, 0.717) is 19.1 Å². The van der Waals surface area contributed by atoms with Gasteiger partial charge in [0.25, 0.3) is 0 Å². The van der Waals surface area contributed by atoms with Gasteiger partial charge in [0, 0.05) is 19.6 Å². The maximum absolute atomic E-state index is 11.7. The van der Waals surface area contributed by atoms with Crippen molar-refractivity contribution in [3.8, 4) is 11.5 Å². The summed E-state index contributed by atoms with van der Waals surface area (Å²) in [7, 11) is 1.64. The molecule has 126 valence electrons. The molecule has 0 spiro atoms. The summed E-state index contributed by atoms with van der Waals surface area (Å²) >= 11 is 0. The Hall–Kier alpha value is -1.75. The van der Waals surface area contributed by atoms with Gasteiger partial charge < -0.3 is 19.5 Å². The van der Waals surface area contributed by atoms with Crippen LogP contribution in [-0.4, -0.2) is 49.3 Å². The van der Waals surface area contributed by atoms with Crippen LogP contribution in [-0.2, 0) is 4.79 Å². The van der Waals surface area contributed by atoms with Crippen LogP contribution in [0.2, 0.25) is 0 Å². The van der Waals surface area contributed by atoms with Crippen molar-refractivity contribution < 1.29 is 19.4 Å². The molecule has 1 N–H and O–H groups in total. The average molecular weight is 319 g/mol. The minimum atomic E-state index is -0.600. The molecule has 3 rings (SSSR count). The van der Waals surface area contributed by atoms with Gasteiger partial charge in [0.05, 0.1) is 19.1 Å². The van der Waals surface area contributed by atoms with E-state index in [4.69, 9.17) is 9.47 Å². The molecule has 2 aliphatic rings. The zero-order chi connectivity index (χ0) is 16.3. The van der Waals surface area contributed by atoms with Gasteiger partial charge in [-0.3, -0.25) is 4.79 Å². The molecule has 1 aliphatic heterocycles. The summed E-state index contributed by atoms with van der Waals surface area (Å²) in [6.07, 6.45) is 3.87. The molecule has 2 atom stereocenters. The molecule has 5 heteroatoms. The summed E-state index contributed by atoms with van der Waals surface area (Å²) in [6, 6.07) is 7.57. The second-order valence-electron chi connectivity index (χ2n) is 6.66. The molecule has 1 saturated heterocycles. The van der Waals surface area contributed by atoms with Gasteiger partial charge >= 0.3 is 5.97 Å². The van der Waals surface area contributed by atoms with Crippen molar-refractivity contribution in [3.05, 3.63) is 24.3 Å². The van der Waals surface area contributed by atoms with Gasteiger partial charge in [-0.05, 0) is 49.4 Å². The zero-order valence-corrected chi connectivity index (χ0v) is 13.7. The first kappa shape index (κ1) is 16.1. The lowest BCUT2D eigenvalue weighted by molar-refractivity contribution is -0.149. The van der Waals surface area contributed by atoms with E-state index in [0.717, 1.165) is 50.3 Å². The fourth-order valence-electron chi connectivity index (χ4n) is 4.06. The number of ether oxygens (including phenoxy) is 2. The van der Waals surface area contributed by atoms with Crippen LogP contribution in [0.4, 0.5) is 0 Å². The average Bonchev–Trinajstić information content (AvgIpc) is 3.10. The number of methoxy groups -OCH3 is 1. The van der Waals surface area contributed by atoms with Crippen molar-refractivity contribution in [2.45, 2.75) is 25.7 Å². The number of benzene rings is 1. The molecule has 1 heterocycles. The van der Waals surface area contributed by atoms with Gasteiger partial charge in [-0.25, -0.2) is 0 Å². The van der Waals surface area contributed by atoms with Crippen LogP contribution in [0.1, 0.15) is 25.7 Å². The number of carboxylic acid groups (broad SMARTS) is 1. The summed E-state index contributed by atoms with van der Waals surface area (Å²) in [5, 5.41) is 9.59. The molecule has 5 nitrogen and oxygen atoms in total. The molecule has 23 heavy (non-hydrogen) atoms. The highest BCUT2D eigenvalue weighted by molar-refractivity contribution is 5.76. The fourth-order valence-corrected chi connectivity index (χ4v) is 4.06. The number of aliphatic carboxylic acids is 1. The van der Waals surface area contributed by atoms with E-state index in [1.54, 1.807) is 7.11 Å². The number of fused-ring (bicyclic) bond motifs is 1. The largest absolute Gasteiger partial charge is 0.497 e. The second kappa shape index (κ2) is 6.79. The summed E-state index contributed by atoms with van der Waals surface area (Å²) < 4.78 is 10.9. The molecule has 2 fully saturated rings. The minimum Gasteiger partial charge on any atom is -0.497 e. The molecule has 0 amide bonds. The first-order chi connectivity index (χ1) is 11.1. The lowest BCUT2D eigenvalue weighted by Gasteiger charge is -2.23. The van der Waals surface area contributed by atoms with Gasteiger partial charge in [-0.2, -0.15) is 0 Å². The van der Waals surface area contributed by atoms with Gasteiger partial charge in [0.15, 0.2) is 0 Å². The molecule has 1 aromatic carbocycles. The minimum absolute atomic E-state index is 0.336. The third kappa shape index (κ3) is 3.29. The quantitative estimate of drug-likeness (QED) is 0.783. The second-order valence-corrected chi connectivity index (χ2v) is 6.66. The van der Waals surface area contributed by atoms with E-state index < -0.39 is 11.4 Å². The molecule has 0 radical (unpaired) electrons. The number of nitrogens with zero attached hydrogens (tertiary/aromatic N) is 1. The molecule has 1 aromatic rings. The number of hydrogen-bond acceptors (Lipinski definition) is 4. The highest BCUT2D eigenvalue weighted by Gasteiger charge is 2.54. The van der Waals surface area contributed by atoms with Crippen molar-refractivity contribution in [2.75, 3.05) is 33.4 Å².